The minimum atomic E-state index is -0.664. The summed E-state index contributed by atoms with van der Waals surface area (Å²) in [6.45, 7) is 1.09. The number of ether oxygens (including phenoxy) is 2. The molecule has 1 aromatic heterocycles. The molecule has 0 radical (unpaired) electrons. The van der Waals surface area contributed by atoms with E-state index in [9.17, 15) is 19.2 Å². The molecule has 3 amide bonds. The third-order valence-electron chi connectivity index (χ3n) is 3.85. The fourth-order valence-electron chi connectivity index (χ4n) is 2.56. The second-order valence-electron chi connectivity index (χ2n) is 5.92. The predicted octanol–water partition coefficient (Wildman–Crippen LogP) is 2.74. The van der Waals surface area contributed by atoms with Gasteiger partial charge in [0.2, 0.25) is 5.76 Å². The number of methoxy groups -OCH3 is 1. The van der Waals surface area contributed by atoms with Crippen LogP contribution >= 0.6 is 11.6 Å². The summed E-state index contributed by atoms with van der Waals surface area (Å²) in [7, 11) is 1.21. The molecule has 0 bridgehead atoms. The van der Waals surface area contributed by atoms with Crippen LogP contribution in [0.2, 0.25) is 5.02 Å². The van der Waals surface area contributed by atoms with Crippen LogP contribution in [0.5, 0.6) is 5.75 Å². The van der Waals surface area contributed by atoms with Crippen LogP contribution in [0.1, 0.15) is 28.8 Å². The standard InChI is InChI=1S/C19H15ClN2O7/c1-10(23)28-15-5-3-11(7-13(15)20)8-14-17(24)22(19(26)21-14)9-12-4-6-16(29-12)18(25)27-2/h3-8H,9H2,1-2H3,(H,21,26). The third kappa shape index (κ3) is 4.46. The summed E-state index contributed by atoms with van der Waals surface area (Å²) in [5, 5.41) is 2.64. The number of rotatable bonds is 5. The number of nitrogens with one attached hydrogen (secondary N) is 1. The van der Waals surface area contributed by atoms with Gasteiger partial charge in [0, 0.05) is 6.92 Å². The number of carbonyl (C=O) groups is 4. The minimum Gasteiger partial charge on any atom is -0.463 e. The normalized spacial score (nSPS) is 14.9. The number of halogens is 1. The molecule has 29 heavy (non-hydrogen) atoms. The fraction of sp³-hybridized carbons (Fsp3) is 0.158. The molecule has 1 aromatic carbocycles. The Morgan fingerprint density at radius 2 is 2.00 bits per heavy atom. The van der Waals surface area contributed by atoms with E-state index in [-0.39, 0.29) is 34.5 Å². The SMILES string of the molecule is COC(=O)c1ccc(CN2C(=O)NC(=Cc3ccc(OC(C)=O)c(Cl)c3)C2=O)o1. The van der Waals surface area contributed by atoms with Crippen molar-refractivity contribution in [3.8, 4) is 5.75 Å². The molecular formula is C19H15ClN2O7. The summed E-state index contributed by atoms with van der Waals surface area (Å²) < 4.78 is 14.8. The Morgan fingerprint density at radius 1 is 1.24 bits per heavy atom. The predicted molar refractivity (Wildman–Crippen MR) is 99.9 cm³/mol. The van der Waals surface area contributed by atoms with Gasteiger partial charge in [0.25, 0.3) is 5.91 Å². The van der Waals surface area contributed by atoms with Gasteiger partial charge in [-0.2, -0.15) is 0 Å². The maximum Gasteiger partial charge on any atom is 0.373 e. The largest absolute Gasteiger partial charge is 0.463 e. The van der Waals surface area contributed by atoms with Crippen molar-refractivity contribution < 1.29 is 33.1 Å². The maximum absolute atomic E-state index is 12.6. The molecular weight excluding hydrogens is 404 g/mol. The molecule has 0 spiro atoms. The lowest BCUT2D eigenvalue weighted by atomic mass is 10.2. The molecule has 1 N–H and O–H groups in total. The Bertz CT molecular complexity index is 1040. The smallest absolute Gasteiger partial charge is 0.373 e. The Labute approximate surface area is 169 Å². The van der Waals surface area contributed by atoms with Crippen molar-refractivity contribution in [2.45, 2.75) is 13.5 Å². The van der Waals surface area contributed by atoms with Gasteiger partial charge in [-0.3, -0.25) is 14.5 Å². The highest BCUT2D eigenvalue weighted by atomic mass is 35.5. The Morgan fingerprint density at radius 3 is 2.66 bits per heavy atom. The van der Waals surface area contributed by atoms with Crippen LogP contribution in [0.25, 0.3) is 6.08 Å². The fourth-order valence-corrected chi connectivity index (χ4v) is 2.78. The number of carbonyl (C=O) groups excluding carboxylic acids is 4. The van der Waals surface area contributed by atoms with Crippen LogP contribution < -0.4 is 10.1 Å². The molecule has 0 saturated carbocycles. The molecule has 0 atom stereocenters. The lowest BCUT2D eigenvalue weighted by Crippen LogP contribution is -2.30. The Hall–Kier alpha value is -3.59. The number of benzene rings is 1. The monoisotopic (exact) mass is 418 g/mol. The highest BCUT2D eigenvalue weighted by Crippen LogP contribution is 2.27. The molecule has 3 rings (SSSR count). The second-order valence-corrected chi connectivity index (χ2v) is 6.33. The van der Waals surface area contributed by atoms with E-state index in [0.29, 0.717) is 5.56 Å². The van der Waals surface area contributed by atoms with Crippen molar-refractivity contribution in [3.05, 3.63) is 58.1 Å². The van der Waals surface area contributed by atoms with Crippen LogP contribution in [0, 0.1) is 0 Å². The zero-order valence-corrected chi connectivity index (χ0v) is 16.1. The molecule has 1 aliphatic rings. The van der Waals surface area contributed by atoms with Crippen molar-refractivity contribution in [2.75, 3.05) is 7.11 Å². The van der Waals surface area contributed by atoms with Crippen LogP contribution in [0.3, 0.4) is 0 Å². The first-order valence-corrected chi connectivity index (χ1v) is 8.66. The van der Waals surface area contributed by atoms with Gasteiger partial charge in [0.1, 0.15) is 17.2 Å². The van der Waals surface area contributed by atoms with E-state index < -0.39 is 23.9 Å². The van der Waals surface area contributed by atoms with Gasteiger partial charge in [-0.1, -0.05) is 17.7 Å². The molecule has 0 unspecified atom stereocenters. The van der Waals surface area contributed by atoms with Crippen LogP contribution in [0.15, 0.2) is 40.4 Å². The molecule has 9 nitrogen and oxygen atoms in total. The number of esters is 2. The Kier molecular flexibility index (Phi) is 5.69. The zero-order valence-electron chi connectivity index (χ0n) is 15.4. The quantitative estimate of drug-likeness (QED) is 0.343. The second kappa shape index (κ2) is 8.19. The average molecular weight is 419 g/mol. The summed E-state index contributed by atoms with van der Waals surface area (Å²) in [4.78, 5) is 48.1. The maximum atomic E-state index is 12.6. The molecule has 0 aliphatic carbocycles. The molecule has 10 heteroatoms. The average Bonchev–Trinajstić information content (AvgIpc) is 3.24. The topological polar surface area (TPSA) is 115 Å². The third-order valence-corrected chi connectivity index (χ3v) is 4.14. The van der Waals surface area contributed by atoms with Gasteiger partial charge in [-0.15, -0.1) is 0 Å². The van der Waals surface area contributed by atoms with Crippen molar-refractivity contribution >= 4 is 41.6 Å². The number of imide groups is 1. The van der Waals surface area contributed by atoms with E-state index in [1.807, 2.05) is 0 Å². The van der Waals surface area contributed by atoms with Gasteiger partial charge in [0.05, 0.1) is 18.7 Å². The van der Waals surface area contributed by atoms with E-state index in [1.54, 1.807) is 6.07 Å². The summed E-state index contributed by atoms with van der Waals surface area (Å²) in [5.74, 6) is -1.37. The van der Waals surface area contributed by atoms with E-state index in [2.05, 4.69) is 10.1 Å². The number of nitrogens with zero attached hydrogens (tertiary/aromatic N) is 1. The van der Waals surface area contributed by atoms with Gasteiger partial charge in [-0.05, 0) is 35.9 Å². The number of amides is 3. The molecule has 1 aliphatic heterocycles. The zero-order chi connectivity index (χ0) is 21.1. The van der Waals surface area contributed by atoms with E-state index in [4.69, 9.17) is 20.8 Å². The highest BCUT2D eigenvalue weighted by Gasteiger charge is 2.34. The lowest BCUT2D eigenvalue weighted by Gasteiger charge is -2.09. The first-order chi connectivity index (χ1) is 13.8. The lowest BCUT2D eigenvalue weighted by molar-refractivity contribution is -0.131. The molecule has 2 heterocycles. The molecule has 1 fully saturated rings. The summed E-state index contributed by atoms with van der Waals surface area (Å²) in [6, 6.07) is 6.77. The van der Waals surface area contributed by atoms with E-state index >= 15 is 0 Å². The summed E-state index contributed by atoms with van der Waals surface area (Å²) in [6.07, 6.45) is 1.44. The molecule has 150 valence electrons. The van der Waals surface area contributed by atoms with E-state index in [1.165, 1.54) is 44.4 Å². The van der Waals surface area contributed by atoms with Gasteiger partial charge in [-0.25, -0.2) is 9.59 Å². The van der Waals surface area contributed by atoms with Crippen molar-refractivity contribution in [1.82, 2.24) is 10.2 Å². The van der Waals surface area contributed by atoms with Gasteiger partial charge >= 0.3 is 18.0 Å². The first-order valence-electron chi connectivity index (χ1n) is 8.28. The van der Waals surface area contributed by atoms with Crippen LogP contribution in [-0.2, 0) is 20.9 Å². The number of hydrogen-bond acceptors (Lipinski definition) is 7. The highest BCUT2D eigenvalue weighted by molar-refractivity contribution is 6.32. The Balaban J connectivity index is 1.76. The van der Waals surface area contributed by atoms with Crippen molar-refractivity contribution in [1.29, 1.82) is 0 Å². The van der Waals surface area contributed by atoms with Crippen molar-refractivity contribution in [3.63, 3.8) is 0 Å². The van der Waals surface area contributed by atoms with E-state index in [0.717, 1.165) is 4.90 Å². The van der Waals surface area contributed by atoms with Crippen molar-refractivity contribution in [2.24, 2.45) is 0 Å². The number of furan rings is 1. The van der Waals surface area contributed by atoms with Gasteiger partial charge in [0.15, 0.2) is 0 Å². The summed E-state index contributed by atoms with van der Waals surface area (Å²) >= 11 is 6.06. The summed E-state index contributed by atoms with van der Waals surface area (Å²) in [5.41, 5.74) is 0.549. The number of urea groups is 1. The van der Waals surface area contributed by atoms with Crippen LogP contribution in [-0.4, -0.2) is 35.9 Å². The first kappa shape index (κ1) is 20.2. The molecule has 1 saturated heterocycles. The van der Waals surface area contributed by atoms with Crippen LogP contribution in [0.4, 0.5) is 4.79 Å². The number of hydrogen-bond donors (Lipinski definition) is 1. The molecule has 2 aromatic rings. The van der Waals surface area contributed by atoms with Gasteiger partial charge < -0.3 is 19.2 Å². The minimum absolute atomic E-state index is 0.0334.